The molecule has 13 heteroatoms. The molecule has 10 nitrogen and oxygen atoms in total. The van der Waals surface area contributed by atoms with Crippen molar-refractivity contribution in [3.8, 4) is 0 Å². The van der Waals surface area contributed by atoms with Crippen molar-refractivity contribution in [2.75, 3.05) is 32.8 Å². The van der Waals surface area contributed by atoms with Crippen LogP contribution in [-0.2, 0) is 31.8 Å². The van der Waals surface area contributed by atoms with Gasteiger partial charge in [-0.1, -0.05) is 91.4 Å². The molecule has 0 aromatic heterocycles. The van der Waals surface area contributed by atoms with E-state index in [-0.39, 0.29) is 37.5 Å². The van der Waals surface area contributed by atoms with Gasteiger partial charge in [-0.25, -0.2) is 4.79 Å². The van der Waals surface area contributed by atoms with Gasteiger partial charge in [-0.05, 0) is 80.9 Å². The van der Waals surface area contributed by atoms with Crippen LogP contribution in [0.4, 0.5) is 18.0 Å². The molecule has 0 spiro atoms. The van der Waals surface area contributed by atoms with Crippen LogP contribution in [0.2, 0.25) is 0 Å². The Kier molecular flexibility index (Phi) is 12.0. The molecule has 4 aliphatic rings. The van der Waals surface area contributed by atoms with Gasteiger partial charge < -0.3 is 24.8 Å². The van der Waals surface area contributed by atoms with Gasteiger partial charge in [0.2, 0.25) is 17.7 Å². The van der Waals surface area contributed by atoms with Crippen molar-refractivity contribution < 1.29 is 37.1 Å². The summed E-state index contributed by atoms with van der Waals surface area (Å²) in [6, 6.07) is 21.4. The highest BCUT2D eigenvalue weighted by molar-refractivity contribution is 6.00. The quantitative estimate of drug-likeness (QED) is 0.202. The van der Waals surface area contributed by atoms with Crippen LogP contribution in [-0.4, -0.2) is 99.9 Å². The zero-order chi connectivity index (χ0) is 40.2. The number of β-lactam (4-membered cyclic amide) rings is 1. The normalized spacial score (nSPS) is 23.3. The van der Waals surface area contributed by atoms with Gasteiger partial charge in [0.15, 0.2) is 0 Å². The first-order valence-electron chi connectivity index (χ1n) is 20.0. The fraction of sp³-hybridized carbons (Fsp3) is 0.455. The molecule has 4 aliphatic heterocycles. The van der Waals surface area contributed by atoms with E-state index >= 15 is 0 Å². The molecule has 7 rings (SSSR count). The topological polar surface area (TPSA) is 103 Å². The Balaban J connectivity index is 1.16. The van der Waals surface area contributed by atoms with E-state index in [1.807, 2.05) is 71.6 Å². The molecule has 4 heterocycles. The van der Waals surface area contributed by atoms with Crippen molar-refractivity contribution in [3.63, 3.8) is 0 Å². The van der Waals surface area contributed by atoms with Crippen LogP contribution in [0.15, 0.2) is 91.0 Å². The van der Waals surface area contributed by atoms with E-state index in [0.29, 0.717) is 19.1 Å². The maximum Gasteiger partial charge on any atom is 0.416 e. The summed E-state index contributed by atoms with van der Waals surface area (Å²) in [4.78, 5) is 63.7. The second kappa shape index (κ2) is 17.1. The maximum atomic E-state index is 14.6. The van der Waals surface area contributed by atoms with Gasteiger partial charge >= 0.3 is 12.3 Å². The highest BCUT2D eigenvalue weighted by Crippen LogP contribution is 2.42. The highest BCUT2D eigenvalue weighted by atomic mass is 19.4. The van der Waals surface area contributed by atoms with Gasteiger partial charge in [0.1, 0.15) is 18.2 Å². The average Bonchev–Trinajstić information content (AvgIpc) is 3.61. The van der Waals surface area contributed by atoms with Gasteiger partial charge in [0, 0.05) is 32.1 Å². The van der Waals surface area contributed by atoms with Crippen LogP contribution in [0.3, 0.4) is 0 Å². The summed E-state index contributed by atoms with van der Waals surface area (Å²) in [6.07, 6.45) is 3.68. The minimum absolute atomic E-state index is 0.0379. The molecule has 302 valence electrons. The molecule has 1 unspecified atom stereocenters. The molecule has 3 aromatic rings. The summed E-state index contributed by atoms with van der Waals surface area (Å²) in [6.45, 7) is 4.77. The first-order valence-corrected chi connectivity index (χ1v) is 20.0. The number of halogens is 3. The molecule has 0 radical (unpaired) electrons. The van der Waals surface area contributed by atoms with E-state index in [1.54, 1.807) is 13.0 Å². The van der Waals surface area contributed by atoms with Crippen LogP contribution in [0.5, 0.6) is 0 Å². The van der Waals surface area contributed by atoms with Crippen molar-refractivity contribution >= 4 is 29.9 Å². The van der Waals surface area contributed by atoms with Crippen molar-refractivity contribution in [1.82, 2.24) is 24.9 Å². The summed E-state index contributed by atoms with van der Waals surface area (Å²) in [5.41, 5.74) is -0.625. The molecule has 0 saturated carbocycles. The minimum atomic E-state index is -4.57. The number of nitrogens with one attached hydrogen (secondary N) is 1. The molecule has 3 aromatic carbocycles. The summed E-state index contributed by atoms with van der Waals surface area (Å²) >= 11 is 0. The number of amides is 4. The van der Waals surface area contributed by atoms with Crippen molar-refractivity contribution in [3.05, 3.63) is 113 Å². The smallest absolute Gasteiger partial charge is 0.416 e. The number of likely N-dealkylation sites (tertiary alicyclic amines) is 3. The third kappa shape index (κ3) is 8.73. The SMILES string of the molecule is CC(CCC(=O)N1CCC(N2CCCCC2)CC1)(C(=O)NCc1cccc(C(F)(F)F)c1)N1C(=O)[C@@H](N2C(=O)OC[C@@H]2c2ccccc2)[C@H]1/C=C/c1ccccc1. The van der Waals surface area contributed by atoms with E-state index in [4.69, 9.17) is 4.74 Å². The van der Waals surface area contributed by atoms with Crippen molar-refractivity contribution in [2.45, 2.75) is 94.3 Å². The van der Waals surface area contributed by atoms with Gasteiger partial charge in [0.05, 0.1) is 17.6 Å². The lowest BCUT2D eigenvalue weighted by molar-refractivity contribution is -0.172. The highest BCUT2D eigenvalue weighted by Gasteiger charge is 2.61. The fourth-order valence-corrected chi connectivity index (χ4v) is 8.83. The van der Waals surface area contributed by atoms with Crippen LogP contribution in [0.25, 0.3) is 6.08 Å². The van der Waals surface area contributed by atoms with Gasteiger partial charge in [0.25, 0.3) is 0 Å². The lowest BCUT2D eigenvalue weighted by Crippen LogP contribution is -2.78. The van der Waals surface area contributed by atoms with Gasteiger partial charge in [-0.15, -0.1) is 0 Å². The van der Waals surface area contributed by atoms with Crippen LogP contribution < -0.4 is 5.32 Å². The second-order valence-electron chi connectivity index (χ2n) is 15.7. The Morgan fingerprint density at radius 2 is 1.56 bits per heavy atom. The standard InChI is InChI=1S/C44H50F3N5O5/c1-43(41(55)48-29-32-14-11-17-34(28-32)44(45,46)47,23-20-38(53)50-26-21-35(22-27-50)49-24-9-4-10-25-49)52-36(19-18-31-12-5-2-6-13-31)39(40(52)54)51-37(30-57-42(51)56)33-15-7-3-8-16-33/h2-3,5-8,11-19,28,35-37,39H,4,9-10,20-27,29-30H2,1H3,(H,48,55)/b19-18+/t36-,37-,39+,43?/m1/s1. The van der Waals surface area contributed by atoms with E-state index in [0.717, 1.165) is 49.2 Å². The Morgan fingerprint density at radius 3 is 2.25 bits per heavy atom. The Bertz CT molecular complexity index is 1930. The number of carbonyl (C=O) groups excluding carboxylic acids is 4. The maximum absolute atomic E-state index is 14.6. The van der Waals surface area contributed by atoms with Crippen molar-refractivity contribution in [1.29, 1.82) is 0 Å². The number of cyclic esters (lactones) is 1. The third-order valence-corrected chi connectivity index (χ3v) is 12.1. The molecule has 4 saturated heterocycles. The second-order valence-corrected chi connectivity index (χ2v) is 15.7. The Labute approximate surface area is 331 Å². The lowest BCUT2D eigenvalue weighted by Gasteiger charge is -2.56. The fourth-order valence-electron chi connectivity index (χ4n) is 8.83. The van der Waals surface area contributed by atoms with E-state index in [1.165, 1.54) is 41.2 Å². The lowest BCUT2D eigenvalue weighted by atomic mass is 9.80. The first kappa shape index (κ1) is 40.0. The summed E-state index contributed by atoms with van der Waals surface area (Å²) in [5.74, 6) is -1.24. The average molecular weight is 786 g/mol. The molecular weight excluding hydrogens is 736 g/mol. The molecule has 4 fully saturated rings. The zero-order valence-corrected chi connectivity index (χ0v) is 32.2. The Morgan fingerprint density at radius 1 is 0.877 bits per heavy atom. The molecule has 4 amide bonds. The molecule has 0 aliphatic carbocycles. The van der Waals surface area contributed by atoms with E-state index < -0.39 is 53.3 Å². The summed E-state index contributed by atoms with van der Waals surface area (Å²) < 4.78 is 46.2. The number of carbonyl (C=O) groups is 4. The summed E-state index contributed by atoms with van der Waals surface area (Å²) in [5, 5.41) is 2.80. The first-order chi connectivity index (χ1) is 27.4. The predicted molar refractivity (Wildman–Crippen MR) is 208 cm³/mol. The predicted octanol–water partition coefficient (Wildman–Crippen LogP) is 6.82. The van der Waals surface area contributed by atoms with Crippen LogP contribution in [0.1, 0.15) is 80.2 Å². The largest absolute Gasteiger partial charge is 0.447 e. The number of hydrogen-bond acceptors (Lipinski definition) is 6. The Hall–Kier alpha value is -5.17. The van der Waals surface area contributed by atoms with Crippen LogP contribution in [0, 0.1) is 0 Å². The van der Waals surface area contributed by atoms with E-state index in [2.05, 4.69) is 10.2 Å². The van der Waals surface area contributed by atoms with Gasteiger partial charge in [-0.2, -0.15) is 13.2 Å². The third-order valence-electron chi connectivity index (χ3n) is 12.1. The molecule has 1 N–H and O–H groups in total. The zero-order valence-electron chi connectivity index (χ0n) is 32.2. The number of rotatable bonds is 12. The molecule has 0 bridgehead atoms. The number of nitrogens with zero attached hydrogens (tertiary/aromatic N) is 4. The number of alkyl halides is 3. The molecule has 57 heavy (non-hydrogen) atoms. The number of benzene rings is 3. The number of hydrogen-bond donors (Lipinski definition) is 1. The molecular formula is C44H50F3N5O5. The van der Waals surface area contributed by atoms with E-state index in [9.17, 15) is 32.3 Å². The minimum Gasteiger partial charge on any atom is -0.447 e. The molecule has 4 atom stereocenters. The van der Waals surface area contributed by atoms with Crippen LogP contribution >= 0.6 is 0 Å². The number of ether oxygens (including phenoxy) is 1. The van der Waals surface area contributed by atoms with Gasteiger partial charge in [-0.3, -0.25) is 19.3 Å². The van der Waals surface area contributed by atoms with Crippen molar-refractivity contribution in [2.24, 2.45) is 0 Å². The number of piperidine rings is 2. The monoisotopic (exact) mass is 785 g/mol. The summed E-state index contributed by atoms with van der Waals surface area (Å²) in [7, 11) is 0.